The molecule has 8 heteroatoms. The van der Waals surface area contributed by atoms with Crippen molar-refractivity contribution >= 4 is 18.7 Å². The average Bonchev–Trinajstić information content (AvgIpc) is 2.81. The Bertz CT molecular complexity index is 716. The fourth-order valence-corrected chi connectivity index (χ4v) is 3.09. The van der Waals surface area contributed by atoms with E-state index in [9.17, 15) is 4.79 Å². The Balaban J connectivity index is 1.73. The standard InChI is InChI=1S/C20H31BN2O5/c1-18(2,3)26-17(24)23-10-11-25-16(13-23)15-12-14(8-9-22-15)21-27-19(4,5)20(6,7)28-21/h8-9,12,16H,10-11,13H2,1-7H3. The van der Waals surface area contributed by atoms with E-state index >= 15 is 0 Å². The smallest absolute Gasteiger partial charge is 0.444 e. The molecule has 0 radical (unpaired) electrons. The number of hydrogen-bond donors (Lipinski definition) is 0. The zero-order chi connectivity index (χ0) is 20.7. The lowest BCUT2D eigenvalue weighted by Crippen LogP contribution is -2.45. The van der Waals surface area contributed by atoms with E-state index in [0.717, 1.165) is 11.2 Å². The first-order valence-corrected chi connectivity index (χ1v) is 9.79. The molecular weight excluding hydrogens is 359 g/mol. The Kier molecular flexibility index (Phi) is 5.51. The van der Waals surface area contributed by atoms with Gasteiger partial charge in [-0.15, -0.1) is 0 Å². The third kappa shape index (κ3) is 4.50. The largest absolute Gasteiger partial charge is 0.494 e. The van der Waals surface area contributed by atoms with Gasteiger partial charge in [-0.1, -0.05) is 0 Å². The summed E-state index contributed by atoms with van der Waals surface area (Å²) in [6, 6.07) is 3.82. The van der Waals surface area contributed by atoms with Gasteiger partial charge >= 0.3 is 13.2 Å². The fourth-order valence-electron chi connectivity index (χ4n) is 3.09. The first kappa shape index (κ1) is 21.1. The summed E-state index contributed by atoms with van der Waals surface area (Å²) in [6.07, 6.45) is 1.08. The van der Waals surface area contributed by atoms with Crippen molar-refractivity contribution in [2.75, 3.05) is 19.7 Å². The lowest BCUT2D eigenvalue weighted by atomic mass is 9.79. The minimum atomic E-state index is -0.528. The maximum Gasteiger partial charge on any atom is 0.494 e. The van der Waals surface area contributed by atoms with Crippen LogP contribution >= 0.6 is 0 Å². The molecule has 1 amide bonds. The zero-order valence-electron chi connectivity index (χ0n) is 17.9. The molecule has 1 aromatic rings. The third-order valence-corrected chi connectivity index (χ3v) is 5.38. The second-order valence-corrected chi connectivity index (χ2v) is 9.39. The number of morpholine rings is 1. The van der Waals surface area contributed by atoms with E-state index in [1.807, 2.05) is 60.6 Å². The number of pyridine rings is 1. The highest BCUT2D eigenvalue weighted by Crippen LogP contribution is 2.36. The topological polar surface area (TPSA) is 70.1 Å². The van der Waals surface area contributed by atoms with E-state index in [2.05, 4.69) is 4.98 Å². The summed E-state index contributed by atoms with van der Waals surface area (Å²) in [5, 5.41) is 0. The van der Waals surface area contributed by atoms with Crippen LogP contribution in [0, 0.1) is 0 Å². The molecule has 1 unspecified atom stereocenters. The van der Waals surface area contributed by atoms with Gasteiger partial charge in [-0.05, 0) is 66.1 Å². The number of rotatable bonds is 2. The van der Waals surface area contributed by atoms with Gasteiger partial charge in [-0.25, -0.2) is 4.79 Å². The molecule has 2 saturated heterocycles. The number of amides is 1. The average molecular weight is 390 g/mol. The summed E-state index contributed by atoms with van der Waals surface area (Å²) >= 11 is 0. The minimum Gasteiger partial charge on any atom is -0.444 e. The monoisotopic (exact) mass is 390 g/mol. The van der Waals surface area contributed by atoms with E-state index < -0.39 is 23.9 Å². The number of aromatic nitrogens is 1. The van der Waals surface area contributed by atoms with Crippen molar-refractivity contribution in [3.05, 3.63) is 24.0 Å². The highest BCUT2D eigenvalue weighted by molar-refractivity contribution is 6.62. The zero-order valence-corrected chi connectivity index (χ0v) is 17.9. The van der Waals surface area contributed by atoms with Gasteiger partial charge in [0.1, 0.15) is 11.7 Å². The molecule has 2 aliphatic rings. The molecule has 0 aromatic carbocycles. The van der Waals surface area contributed by atoms with Crippen LogP contribution in [0.15, 0.2) is 18.3 Å². The van der Waals surface area contributed by atoms with Crippen molar-refractivity contribution in [3.8, 4) is 0 Å². The molecule has 3 rings (SSSR count). The van der Waals surface area contributed by atoms with Crippen molar-refractivity contribution in [3.63, 3.8) is 0 Å². The van der Waals surface area contributed by atoms with Crippen LogP contribution in [0.1, 0.15) is 60.3 Å². The summed E-state index contributed by atoms with van der Waals surface area (Å²) in [4.78, 5) is 18.5. The van der Waals surface area contributed by atoms with Gasteiger partial charge in [-0.3, -0.25) is 4.98 Å². The number of nitrogens with zero attached hydrogens (tertiary/aromatic N) is 2. The Hall–Kier alpha value is -1.64. The molecule has 0 saturated carbocycles. The molecule has 0 N–H and O–H groups in total. The number of ether oxygens (including phenoxy) is 2. The van der Waals surface area contributed by atoms with Crippen molar-refractivity contribution in [2.45, 2.75) is 71.4 Å². The van der Waals surface area contributed by atoms with Gasteiger partial charge in [0.15, 0.2) is 0 Å². The number of hydrogen-bond acceptors (Lipinski definition) is 6. The fraction of sp³-hybridized carbons (Fsp3) is 0.700. The number of carbonyl (C=O) groups is 1. The third-order valence-electron chi connectivity index (χ3n) is 5.38. The summed E-state index contributed by atoms with van der Waals surface area (Å²) in [6.45, 7) is 15.0. The quantitative estimate of drug-likeness (QED) is 0.724. The lowest BCUT2D eigenvalue weighted by molar-refractivity contribution is -0.0446. The molecule has 1 atom stereocenters. The van der Waals surface area contributed by atoms with Crippen LogP contribution in [0.3, 0.4) is 0 Å². The summed E-state index contributed by atoms with van der Waals surface area (Å²) in [7, 11) is -0.461. The summed E-state index contributed by atoms with van der Waals surface area (Å²) in [5.74, 6) is 0. The van der Waals surface area contributed by atoms with E-state index in [1.165, 1.54) is 0 Å². The van der Waals surface area contributed by atoms with Gasteiger partial charge in [0.25, 0.3) is 0 Å². The Morgan fingerprint density at radius 2 is 1.89 bits per heavy atom. The van der Waals surface area contributed by atoms with Crippen LogP contribution < -0.4 is 5.46 Å². The van der Waals surface area contributed by atoms with Gasteiger partial charge < -0.3 is 23.7 Å². The second-order valence-electron chi connectivity index (χ2n) is 9.39. The highest BCUT2D eigenvalue weighted by Gasteiger charge is 2.51. The highest BCUT2D eigenvalue weighted by atomic mass is 16.7. The van der Waals surface area contributed by atoms with Crippen LogP contribution in [0.25, 0.3) is 0 Å². The molecule has 3 heterocycles. The van der Waals surface area contributed by atoms with Gasteiger partial charge in [0, 0.05) is 12.7 Å². The molecule has 2 fully saturated rings. The predicted octanol–water partition coefficient (Wildman–Crippen LogP) is 2.69. The van der Waals surface area contributed by atoms with Gasteiger partial charge in [-0.2, -0.15) is 0 Å². The van der Waals surface area contributed by atoms with E-state index in [1.54, 1.807) is 11.1 Å². The van der Waals surface area contributed by atoms with Gasteiger partial charge in [0.05, 0.1) is 30.0 Å². The van der Waals surface area contributed by atoms with Crippen LogP contribution in [-0.2, 0) is 18.8 Å². The molecule has 0 aliphatic carbocycles. The first-order chi connectivity index (χ1) is 12.9. The van der Waals surface area contributed by atoms with Crippen LogP contribution in [0.4, 0.5) is 4.79 Å². The lowest BCUT2D eigenvalue weighted by Gasteiger charge is -2.34. The summed E-state index contributed by atoms with van der Waals surface area (Å²) in [5.41, 5.74) is 0.299. The Morgan fingerprint density at radius 1 is 1.25 bits per heavy atom. The maximum atomic E-state index is 12.4. The van der Waals surface area contributed by atoms with Crippen molar-refractivity contribution in [1.29, 1.82) is 0 Å². The SMILES string of the molecule is CC(C)(C)OC(=O)N1CCOC(c2cc(B3OC(C)(C)C(C)(C)O3)ccn2)C1. The molecule has 0 bridgehead atoms. The van der Waals surface area contributed by atoms with Crippen molar-refractivity contribution in [1.82, 2.24) is 9.88 Å². The van der Waals surface area contributed by atoms with Gasteiger partial charge in [0.2, 0.25) is 0 Å². The Labute approximate surface area is 167 Å². The van der Waals surface area contributed by atoms with Crippen LogP contribution in [0.5, 0.6) is 0 Å². The molecule has 0 spiro atoms. The molecule has 7 nitrogen and oxygen atoms in total. The van der Waals surface area contributed by atoms with E-state index in [-0.39, 0.29) is 12.2 Å². The minimum absolute atomic E-state index is 0.316. The van der Waals surface area contributed by atoms with E-state index in [4.69, 9.17) is 18.8 Å². The van der Waals surface area contributed by atoms with E-state index in [0.29, 0.717) is 19.7 Å². The van der Waals surface area contributed by atoms with Crippen molar-refractivity contribution in [2.24, 2.45) is 0 Å². The molecular formula is C20H31BN2O5. The van der Waals surface area contributed by atoms with Crippen LogP contribution in [0.2, 0.25) is 0 Å². The first-order valence-electron chi connectivity index (χ1n) is 9.79. The predicted molar refractivity (Wildman–Crippen MR) is 106 cm³/mol. The number of carbonyl (C=O) groups excluding carboxylic acids is 1. The molecule has 154 valence electrons. The summed E-state index contributed by atoms with van der Waals surface area (Å²) < 4.78 is 23.6. The second kappa shape index (κ2) is 7.32. The Morgan fingerprint density at radius 3 is 2.50 bits per heavy atom. The van der Waals surface area contributed by atoms with Crippen molar-refractivity contribution < 1.29 is 23.6 Å². The molecule has 2 aliphatic heterocycles. The normalized spacial score (nSPS) is 24.3. The molecule has 28 heavy (non-hydrogen) atoms. The maximum absolute atomic E-state index is 12.4. The molecule has 1 aromatic heterocycles. The van der Waals surface area contributed by atoms with Crippen LogP contribution in [-0.4, -0.2) is 59.6 Å².